The van der Waals surface area contributed by atoms with Crippen molar-refractivity contribution in [2.24, 2.45) is 0 Å². The van der Waals surface area contributed by atoms with Gasteiger partial charge in [-0.15, -0.1) is 0 Å². The van der Waals surface area contributed by atoms with Crippen LogP contribution in [-0.4, -0.2) is 16.1 Å². The molecule has 1 heterocycles. The summed E-state index contributed by atoms with van der Waals surface area (Å²) in [5, 5.41) is 11.6. The molecule has 2 aromatic rings. The SMILES string of the molecule is O=C(O)c1ccc(Nc2cocn2)cc1. The topological polar surface area (TPSA) is 75.4 Å². The van der Waals surface area contributed by atoms with Crippen LogP contribution in [0.25, 0.3) is 0 Å². The van der Waals surface area contributed by atoms with Gasteiger partial charge in [0.05, 0.1) is 5.56 Å². The van der Waals surface area contributed by atoms with E-state index in [0.29, 0.717) is 5.82 Å². The number of rotatable bonds is 3. The summed E-state index contributed by atoms with van der Waals surface area (Å²) in [6.07, 6.45) is 2.78. The normalized spacial score (nSPS) is 9.87. The second-order valence-electron chi connectivity index (χ2n) is 2.88. The van der Waals surface area contributed by atoms with Gasteiger partial charge in [0.2, 0.25) is 0 Å². The molecule has 0 bridgehead atoms. The highest BCUT2D eigenvalue weighted by atomic mass is 16.4. The van der Waals surface area contributed by atoms with Crippen molar-refractivity contribution in [3.63, 3.8) is 0 Å². The Labute approximate surface area is 85.4 Å². The molecule has 0 radical (unpaired) electrons. The lowest BCUT2D eigenvalue weighted by Gasteiger charge is -2.01. The van der Waals surface area contributed by atoms with E-state index >= 15 is 0 Å². The van der Waals surface area contributed by atoms with Crippen molar-refractivity contribution >= 4 is 17.5 Å². The molecule has 0 aliphatic heterocycles. The molecule has 5 heteroatoms. The Kier molecular flexibility index (Phi) is 2.37. The van der Waals surface area contributed by atoms with Gasteiger partial charge in [-0.2, -0.15) is 4.98 Å². The van der Waals surface area contributed by atoms with E-state index in [1.807, 2.05) is 0 Å². The highest BCUT2D eigenvalue weighted by Gasteiger charge is 2.02. The van der Waals surface area contributed by atoms with Crippen LogP contribution in [0.3, 0.4) is 0 Å². The Morgan fingerprint density at radius 3 is 2.60 bits per heavy atom. The summed E-state index contributed by atoms with van der Waals surface area (Å²) in [6.45, 7) is 0. The van der Waals surface area contributed by atoms with Crippen molar-refractivity contribution in [1.82, 2.24) is 4.98 Å². The van der Waals surface area contributed by atoms with Gasteiger partial charge >= 0.3 is 5.97 Å². The molecule has 0 saturated heterocycles. The molecule has 2 N–H and O–H groups in total. The second kappa shape index (κ2) is 3.83. The Balaban J connectivity index is 2.14. The van der Waals surface area contributed by atoms with Crippen LogP contribution in [0.1, 0.15) is 10.4 Å². The van der Waals surface area contributed by atoms with Gasteiger partial charge in [-0.3, -0.25) is 0 Å². The van der Waals surface area contributed by atoms with Crippen molar-refractivity contribution in [2.45, 2.75) is 0 Å². The number of hydrogen-bond acceptors (Lipinski definition) is 4. The summed E-state index contributed by atoms with van der Waals surface area (Å²) in [4.78, 5) is 14.5. The second-order valence-corrected chi connectivity index (χ2v) is 2.88. The zero-order valence-electron chi connectivity index (χ0n) is 7.68. The Bertz CT molecular complexity index is 448. The van der Waals surface area contributed by atoms with E-state index in [-0.39, 0.29) is 5.56 Å². The quantitative estimate of drug-likeness (QED) is 0.800. The number of aromatic carboxylic acids is 1. The number of aromatic nitrogens is 1. The van der Waals surface area contributed by atoms with Crippen LogP contribution in [0.2, 0.25) is 0 Å². The van der Waals surface area contributed by atoms with Crippen LogP contribution >= 0.6 is 0 Å². The smallest absolute Gasteiger partial charge is 0.335 e. The molecule has 0 amide bonds. The Hall–Kier alpha value is -2.30. The molecule has 15 heavy (non-hydrogen) atoms. The maximum absolute atomic E-state index is 10.6. The number of nitrogens with one attached hydrogen (secondary N) is 1. The van der Waals surface area contributed by atoms with Gasteiger partial charge < -0.3 is 14.8 Å². The van der Waals surface area contributed by atoms with Gasteiger partial charge in [0.15, 0.2) is 12.2 Å². The number of carboxylic acids is 1. The molecule has 0 unspecified atom stereocenters. The molecule has 0 spiro atoms. The lowest BCUT2D eigenvalue weighted by molar-refractivity contribution is 0.0697. The summed E-state index contributed by atoms with van der Waals surface area (Å²) in [5.41, 5.74) is 1.01. The van der Waals surface area contributed by atoms with E-state index in [1.165, 1.54) is 24.8 Å². The summed E-state index contributed by atoms with van der Waals surface area (Å²) in [7, 11) is 0. The van der Waals surface area contributed by atoms with E-state index in [4.69, 9.17) is 9.52 Å². The average molecular weight is 204 g/mol. The van der Waals surface area contributed by atoms with Crippen molar-refractivity contribution in [3.05, 3.63) is 42.5 Å². The van der Waals surface area contributed by atoms with Crippen LogP contribution < -0.4 is 5.32 Å². The van der Waals surface area contributed by atoms with Crippen LogP contribution in [0.15, 0.2) is 41.3 Å². The third-order valence-electron chi connectivity index (χ3n) is 1.84. The van der Waals surface area contributed by atoms with Crippen molar-refractivity contribution in [2.75, 3.05) is 5.32 Å². The number of hydrogen-bond donors (Lipinski definition) is 2. The summed E-state index contributed by atoms with van der Waals surface area (Å²) < 4.78 is 4.78. The minimum Gasteiger partial charge on any atom is -0.478 e. The number of oxazole rings is 1. The first-order valence-electron chi connectivity index (χ1n) is 4.24. The van der Waals surface area contributed by atoms with Gasteiger partial charge in [-0.05, 0) is 24.3 Å². The van der Waals surface area contributed by atoms with Crippen LogP contribution in [0.4, 0.5) is 11.5 Å². The lowest BCUT2D eigenvalue weighted by atomic mass is 10.2. The van der Waals surface area contributed by atoms with Gasteiger partial charge in [0, 0.05) is 5.69 Å². The molecule has 0 aliphatic rings. The van der Waals surface area contributed by atoms with Crippen LogP contribution in [0.5, 0.6) is 0 Å². The van der Waals surface area contributed by atoms with E-state index in [0.717, 1.165) is 5.69 Å². The lowest BCUT2D eigenvalue weighted by Crippen LogP contribution is -1.96. The zero-order valence-corrected chi connectivity index (χ0v) is 7.68. The molecule has 2 rings (SSSR count). The monoisotopic (exact) mass is 204 g/mol. The molecule has 1 aromatic heterocycles. The molecule has 76 valence electrons. The van der Waals surface area contributed by atoms with Crippen molar-refractivity contribution in [1.29, 1.82) is 0 Å². The maximum atomic E-state index is 10.6. The van der Waals surface area contributed by atoms with Crippen LogP contribution in [-0.2, 0) is 0 Å². The summed E-state index contributed by atoms with van der Waals surface area (Å²) in [5.74, 6) is -0.360. The predicted octanol–water partition coefficient (Wildman–Crippen LogP) is 2.12. The number of anilines is 2. The van der Waals surface area contributed by atoms with Gasteiger partial charge in [-0.1, -0.05) is 0 Å². The molecule has 0 fully saturated rings. The zero-order chi connectivity index (χ0) is 10.7. The molecule has 1 aromatic carbocycles. The summed E-state index contributed by atoms with van der Waals surface area (Å²) >= 11 is 0. The van der Waals surface area contributed by atoms with Crippen molar-refractivity contribution in [3.8, 4) is 0 Å². The first-order valence-corrected chi connectivity index (χ1v) is 4.24. The predicted molar refractivity (Wildman–Crippen MR) is 53.2 cm³/mol. The average Bonchev–Trinajstić information content (AvgIpc) is 2.71. The highest BCUT2D eigenvalue weighted by molar-refractivity contribution is 5.88. The third-order valence-corrected chi connectivity index (χ3v) is 1.84. The van der Waals surface area contributed by atoms with Gasteiger partial charge in [-0.25, -0.2) is 4.79 Å². The van der Waals surface area contributed by atoms with E-state index in [9.17, 15) is 4.79 Å². The standard InChI is InChI=1S/C10H8N2O3/c13-10(14)7-1-3-8(4-2-7)12-9-5-15-6-11-9/h1-6,12H,(H,13,14). The fraction of sp³-hybridized carbons (Fsp3) is 0. The molecular formula is C10H8N2O3. The van der Waals surface area contributed by atoms with Crippen molar-refractivity contribution < 1.29 is 14.3 Å². The molecule has 0 saturated carbocycles. The largest absolute Gasteiger partial charge is 0.478 e. The fourth-order valence-electron chi connectivity index (χ4n) is 1.12. The molecule has 0 aliphatic carbocycles. The number of carboxylic acid groups (broad SMARTS) is 1. The van der Waals surface area contributed by atoms with E-state index in [2.05, 4.69) is 10.3 Å². The molecule has 5 nitrogen and oxygen atoms in total. The molecule has 0 atom stereocenters. The first kappa shape index (κ1) is 9.26. The Morgan fingerprint density at radius 1 is 1.33 bits per heavy atom. The maximum Gasteiger partial charge on any atom is 0.335 e. The minimum atomic E-state index is -0.942. The highest BCUT2D eigenvalue weighted by Crippen LogP contribution is 2.14. The Morgan fingerprint density at radius 2 is 2.07 bits per heavy atom. The summed E-state index contributed by atoms with van der Waals surface area (Å²) in [6, 6.07) is 6.37. The fourth-order valence-corrected chi connectivity index (χ4v) is 1.12. The third kappa shape index (κ3) is 2.14. The van der Waals surface area contributed by atoms with E-state index < -0.39 is 5.97 Å². The number of nitrogens with zero attached hydrogens (tertiary/aromatic N) is 1. The van der Waals surface area contributed by atoms with Crippen LogP contribution in [0, 0.1) is 0 Å². The molecular weight excluding hydrogens is 196 g/mol. The number of carbonyl (C=O) groups is 1. The van der Waals surface area contributed by atoms with E-state index in [1.54, 1.807) is 12.1 Å². The minimum absolute atomic E-state index is 0.251. The first-order chi connectivity index (χ1) is 7.25. The van der Waals surface area contributed by atoms with Gasteiger partial charge in [0.25, 0.3) is 0 Å². The number of benzene rings is 1. The van der Waals surface area contributed by atoms with Gasteiger partial charge in [0.1, 0.15) is 6.26 Å².